The molecular weight excluding hydrogens is 455 g/mol. The number of hydrogen-bond donors (Lipinski definition) is 3. The molecule has 4 nitrogen and oxygen atoms in total. The molecule has 1 radical (unpaired) electrons. The first-order valence-corrected chi connectivity index (χ1v) is 11.8. The Morgan fingerprint density at radius 2 is 2.13 bits per heavy atom. The van der Waals surface area contributed by atoms with Crippen LogP contribution < -0.4 is 0 Å². The minimum atomic E-state index is -0.778. The van der Waals surface area contributed by atoms with Crippen LogP contribution in [0.3, 0.4) is 0 Å². The third-order valence-corrected chi connectivity index (χ3v) is 6.96. The second-order valence-corrected chi connectivity index (χ2v) is 9.32. The number of unbranched alkanes of at least 4 members (excludes halogenated alkanes) is 1. The van der Waals surface area contributed by atoms with E-state index in [2.05, 4.69) is 34.1 Å². The second-order valence-electron chi connectivity index (χ2n) is 8.47. The third-order valence-electron chi connectivity index (χ3n) is 6.10. The zero-order chi connectivity index (χ0) is 22.8. The van der Waals surface area contributed by atoms with Crippen LogP contribution >= 0.6 is 15.9 Å². The number of hydrogen-bond acceptors (Lipinski definition) is 3. The van der Waals surface area contributed by atoms with Crippen molar-refractivity contribution in [3.8, 4) is 0 Å². The molecule has 0 aromatic heterocycles. The van der Waals surface area contributed by atoms with Gasteiger partial charge in [0, 0.05) is 0 Å². The predicted octanol–water partition coefficient (Wildman–Crippen LogP) is 4.39. The monoisotopic (exact) mass is 487 g/mol. The first-order valence-electron chi connectivity index (χ1n) is 11.0. The molecule has 0 spiro atoms. The van der Waals surface area contributed by atoms with Crippen molar-refractivity contribution in [3.05, 3.63) is 58.1 Å². The summed E-state index contributed by atoms with van der Waals surface area (Å²) < 4.78 is 1.08. The number of rotatable bonds is 12. The van der Waals surface area contributed by atoms with Gasteiger partial charge < -0.3 is 0 Å². The number of carbonyl (C=O) groups is 1. The fraction of sp³-hybridized carbons (Fsp3) is 0.520. The van der Waals surface area contributed by atoms with E-state index in [4.69, 9.17) is 12.6 Å². The van der Waals surface area contributed by atoms with Crippen molar-refractivity contribution < 1.29 is 20.1 Å². The van der Waals surface area contributed by atoms with E-state index in [9.17, 15) is 15.0 Å². The summed E-state index contributed by atoms with van der Waals surface area (Å²) in [6.07, 6.45) is 11.1. The van der Waals surface area contributed by atoms with Gasteiger partial charge in [-0.25, -0.2) is 0 Å². The van der Waals surface area contributed by atoms with Crippen LogP contribution in [0, 0.1) is 24.7 Å². The standard InChI is InChI=1S/C25H33BBrO4/c1-17-8-9-18(14-23(17)27)10-11-20(28)12-13-21-19(16-26)15-24(29)22(21)6-4-2-3-5-7-25(30)31/h2,4,8-9,12-14,16,19-22,24,28-29H,3,5-7,10-11,15H2,1H3,(H,30,31)/b4-2-,13-12+/t19-,20-,21-,22+,24?/m0/s1. The molecule has 2 rings (SSSR count). The number of aliphatic hydroxyl groups excluding tert-OH is 2. The van der Waals surface area contributed by atoms with Crippen molar-refractivity contribution in [2.45, 2.75) is 64.1 Å². The number of halogens is 1. The molecule has 0 bridgehead atoms. The van der Waals surface area contributed by atoms with Crippen molar-refractivity contribution in [2.75, 3.05) is 0 Å². The van der Waals surface area contributed by atoms with Gasteiger partial charge in [0.15, 0.2) is 0 Å². The Bertz CT molecular complexity index is 792. The Balaban J connectivity index is 1.90. The van der Waals surface area contributed by atoms with Crippen LogP contribution in [0.15, 0.2) is 47.0 Å². The summed E-state index contributed by atoms with van der Waals surface area (Å²) in [5.41, 5.74) is 2.37. The van der Waals surface area contributed by atoms with Gasteiger partial charge in [0.05, 0.1) is 0 Å². The van der Waals surface area contributed by atoms with Gasteiger partial charge in [0.1, 0.15) is 0 Å². The molecule has 1 aromatic rings. The maximum absolute atomic E-state index is 10.6. The molecule has 3 N–H and O–H groups in total. The van der Waals surface area contributed by atoms with Gasteiger partial charge >= 0.3 is 188 Å². The summed E-state index contributed by atoms with van der Waals surface area (Å²) in [7, 11) is 5.83. The molecular formula is C25H33BBrO4. The van der Waals surface area contributed by atoms with Crippen molar-refractivity contribution in [2.24, 2.45) is 17.8 Å². The molecule has 31 heavy (non-hydrogen) atoms. The number of aliphatic hydroxyl groups is 2. The normalized spacial score (nSPS) is 24.7. The summed E-state index contributed by atoms with van der Waals surface area (Å²) >= 11 is 3.55. The fourth-order valence-electron chi connectivity index (χ4n) is 4.19. The average Bonchev–Trinajstić information content (AvgIpc) is 3.04. The van der Waals surface area contributed by atoms with Crippen LogP contribution in [-0.4, -0.2) is 47.0 Å². The number of carboxylic acids is 1. The van der Waals surface area contributed by atoms with E-state index >= 15 is 0 Å². The predicted molar refractivity (Wildman–Crippen MR) is 131 cm³/mol. The summed E-state index contributed by atoms with van der Waals surface area (Å²) in [4.78, 5) is 10.6. The number of benzene rings is 1. The molecule has 1 aromatic carbocycles. The summed E-state index contributed by atoms with van der Waals surface area (Å²) in [6.45, 7) is 2.05. The average molecular weight is 488 g/mol. The van der Waals surface area contributed by atoms with E-state index in [1.165, 1.54) is 11.1 Å². The topological polar surface area (TPSA) is 77.8 Å². The number of aryl methyl sites for hydroxylation is 2. The number of allylic oxidation sites excluding steroid dienone is 3. The van der Waals surface area contributed by atoms with E-state index < -0.39 is 18.2 Å². The van der Waals surface area contributed by atoms with Crippen molar-refractivity contribution in [1.82, 2.24) is 0 Å². The van der Waals surface area contributed by atoms with E-state index in [1.807, 2.05) is 31.2 Å². The zero-order valence-corrected chi connectivity index (χ0v) is 19.7. The Hall–Kier alpha value is -1.50. The molecule has 0 saturated heterocycles. The van der Waals surface area contributed by atoms with Crippen LogP contribution in [0.1, 0.15) is 49.7 Å². The molecule has 1 aliphatic rings. The van der Waals surface area contributed by atoms with Crippen molar-refractivity contribution >= 4 is 35.4 Å². The molecule has 0 aliphatic heterocycles. The molecule has 0 amide bonds. The fourth-order valence-corrected chi connectivity index (χ4v) is 4.62. The summed E-state index contributed by atoms with van der Waals surface area (Å²) in [6, 6.07) is 6.25. The van der Waals surface area contributed by atoms with Crippen LogP contribution in [0.4, 0.5) is 0 Å². The Morgan fingerprint density at radius 3 is 2.81 bits per heavy atom. The number of carboxylic acid groups (broad SMARTS) is 1. The molecule has 1 unspecified atom stereocenters. The molecule has 5 atom stereocenters. The summed E-state index contributed by atoms with van der Waals surface area (Å²) in [5, 5.41) is 29.7. The first-order chi connectivity index (χ1) is 14.8. The molecule has 1 fully saturated rings. The molecule has 0 heterocycles. The van der Waals surface area contributed by atoms with Gasteiger partial charge in [-0.05, 0) is 6.92 Å². The van der Waals surface area contributed by atoms with Crippen molar-refractivity contribution in [1.29, 1.82) is 0 Å². The Kier molecular flexibility index (Phi) is 10.9. The van der Waals surface area contributed by atoms with E-state index in [0.29, 0.717) is 25.7 Å². The second kappa shape index (κ2) is 13.1. The Morgan fingerprint density at radius 1 is 1.35 bits per heavy atom. The molecule has 1 aliphatic carbocycles. The molecule has 1 saturated carbocycles. The van der Waals surface area contributed by atoms with E-state index in [0.717, 1.165) is 17.3 Å². The van der Waals surface area contributed by atoms with Gasteiger partial charge in [-0.2, -0.15) is 0 Å². The van der Waals surface area contributed by atoms with Crippen LogP contribution in [0.25, 0.3) is 0 Å². The first kappa shape index (κ1) is 25.8. The van der Waals surface area contributed by atoms with Gasteiger partial charge in [-0.1, -0.05) is 0 Å². The van der Waals surface area contributed by atoms with Crippen molar-refractivity contribution in [3.63, 3.8) is 0 Å². The quantitative estimate of drug-likeness (QED) is 0.232. The van der Waals surface area contributed by atoms with Crippen LogP contribution in [0.5, 0.6) is 0 Å². The zero-order valence-electron chi connectivity index (χ0n) is 18.2. The minimum absolute atomic E-state index is 0.0389. The number of aliphatic carboxylic acids is 1. The van der Waals surface area contributed by atoms with Crippen LogP contribution in [0.2, 0.25) is 0 Å². The van der Waals surface area contributed by atoms with Crippen LogP contribution in [-0.2, 0) is 11.2 Å². The SMILES string of the molecule is [B]=C[C@@H]1CC(O)[C@H](C/C=C\CCCC(=O)O)[C@H]1/C=C/[C@@H](O)CCc1ccc(C)c(Br)c1. The van der Waals surface area contributed by atoms with E-state index in [1.54, 1.807) is 5.97 Å². The molecule has 167 valence electrons. The van der Waals surface area contributed by atoms with Gasteiger partial charge in [-0.3, -0.25) is 0 Å². The summed E-state index contributed by atoms with van der Waals surface area (Å²) in [5.74, 6) is 1.07. The third kappa shape index (κ3) is 8.51. The maximum atomic E-state index is 10.6. The Labute approximate surface area is 195 Å². The van der Waals surface area contributed by atoms with Gasteiger partial charge in [-0.15, -0.1) is 0 Å². The van der Waals surface area contributed by atoms with Gasteiger partial charge in [0.2, 0.25) is 0 Å². The van der Waals surface area contributed by atoms with E-state index in [-0.39, 0.29) is 24.2 Å². The van der Waals surface area contributed by atoms with Gasteiger partial charge in [0.25, 0.3) is 0 Å². The molecule has 6 heteroatoms.